The average molecular weight is 375 g/mol. The highest BCUT2D eigenvalue weighted by Gasteiger charge is 2.14. The van der Waals surface area contributed by atoms with Crippen LogP contribution in [0.4, 0.5) is 11.6 Å². The van der Waals surface area contributed by atoms with Crippen LogP contribution in [-0.4, -0.2) is 34.5 Å². The topological polar surface area (TPSA) is 71.0 Å². The van der Waals surface area contributed by atoms with Crippen LogP contribution in [0.2, 0.25) is 0 Å². The summed E-state index contributed by atoms with van der Waals surface area (Å²) < 4.78 is 0. The molecule has 0 radical (unpaired) electrons. The summed E-state index contributed by atoms with van der Waals surface area (Å²) in [5, 5.41) is 2.94. The highest BCUT2D eigenvalue weighted by atomic mass is 16.1. The fourth-order valence-corrected chi connectivity index (χ4v) is 3.03. The van der Waals surface area contributed by atoms with Crippen LogP contribution in [0.15, 0.2) is 48.8 Å². The Kier molecular flexibility index (Phi) is 5.99. The summed E-state index contributed by atoms with van der Waals surface area (Å²) in [6.07, 6.45) is 4.42. The normalized spacial score (nSPS) is 10.6. The number of amides is 1. The predicted molar refractivity (Wildman–Crippen MR) is 112 cm³/mol. The molecule has 0 unspecified atom stereocenters. The Bertz CT molecular complexity index is 952. The largest absolute Gasteiger partial charge is 0.344 e. The summed E-state index contributed by atoms with van der Waals surface area (Å²) in [4.78, 5) is 27.7. The maximum absolute atomic E-state index is 12.7. The Hall–Kier alpha value is -3.28. The highest BCUT2D eigenvalue weighted by molar-refractivity contribution is 6.03. The molecule has 0 atom stereocenters. The van der Waals surface area contributed by atoms with Crippen LogP contribution in [0, 0.1) is 20.8 Å². The third-order valence-corrected chi connectivity index (χ3v) is 4.38. The summed E-state index contributed by atoms with van der Waals surface area (Å²) in [6, 6.07) is 11.7. The van der Waals surface area contributed by atoms with Gasteiger partial charge in [-0.15, -0.1) is 0 Å². The first-order chi connectivity index (χ1) is 13.4. The van der Waals surface area contributed by atoms with Crippen LogP contribution in [0.5, 0.6) is 0 Å². The standard InChI is InChI=1S/C22H25N5O/c1-15-11-16(2)13-19(12-15)25-21(28)20-14-17(3)24-22(26-20)27(4)10-7-18-5-8-23-9-6-18/h5-6,8-9,11-14H,7,10H2,1-4H3,(H,25,28). The Morgan fingerprint density at radius 1 is 1.00 bits per heavy atom. The van der Waals surface area contributed by atoms with Crippen molar-refractivity contribution in [2.24, 2.45) is 0 Å². The molecule has 0 aliphatic rings. The van der Waals surface area contributed by atoms with Gasteiger partial charge in [0.05, 0.1) is 0 Å². The van der Waals surface area contributed by atoms with E-state index in [-0.39, 0.29) is 5.91 Å². The van der Waals surface area contributed by atoms with Gasteiger partial charge in [-0.25, -0.2) is 9.97 Å². The molecule has 144 valence electrons. The molecule has 6 heteroatoms. The first kappa shape index (κ1) is 19.5. The van der Waals surface area contributed by atoms with Crippen LogP contribution in [0.3, 0.4) is 0 Å². The van der Waals surface area contributed by atoms with Crippen LogP contribution >= 0.6 is 0 Å². The fraction of sp³-hybridized carbons (Fsp3) is 0.273. The van der Waals surface area contributed by atoms with E-state index in [9.17, 15) is 4.79 Å². The van der Waals surface area contributed by atoms with E-state index in [2.05, 4.69) is 26.3 Å². The number of hydrogen-bond acceptors (Lipinski definition) is 5. The third-order valence-electron chi connectivity index (χ3n) is 4.38. The molecule has 0 saturated heterocycles. The molecule has 0 bridgehead atoms. The number of nitrogens with one attached hydrogen (secondary N) is 1. The van der Waals surface area contributed by atoms with E-state index in [4.69, 9.17) is 0 Å². The van der Waals surface area contributed by atoms with Crippen LogP contribution in [0.1, 0.15) is 32.9 Å². The molecular weight excluding hydrogens is 350 g/mol. The molecule has 0 spiro atoms. The van der Waals surface area contributed by atoms with Crippen molar-refractivity contribution < 1.29 is 4.79 Å². The number of hydrogen-bond donors (Lipinski definition) is 1. The Labute approximate surface area is 165 Å². The zero-order valence-electron chi connectivity index (χ0n) is 16.7. The van der Waals surface area contributed by atoms with Gasteiger partial charge in [0, 0.05) is 37.4 Å². The summed E-state index contributed by atoms with van der Waals surface area (Å²) in [7, 11) is 1.93. The van der Waals surface area contributed by atoms with Gasteiger partial charge >= 0.3 is 0 Å². The zero-order chi connectivity index (χ0) is 20.1. The van der Waals surface area contributed by atoms with E-state index in [1.54, 1.807) is 18.5 Å². The number of likely N-dealkylation sites (N-methyl/N-ethyl adjacent to an activating group) is 1. The minimum Gasteiger partial charge on any atom is -0.344 e. The molecular formula is C22H25N5O. The molecule has 3 aromatic rings. The van der Waals surface area contributed by atoms with Crippen LogP contribution in [-0.2, 0) is 6.42 Å². The average Bonchev–Trinajstić information content (AvgIpc) is 2.65. The molecule has 6 nitrogen and oxygen atoms in total. The maximum atomic E-state index is 12.7. The lowest BCUT2D eigenvalue weighted by Crippen LogP contribution is -2.24. The van der Waals surface area contributed by atoms with Crippen LogP contribution < -0.4 is 10.2 Å². The highest BCUT2D eigenvalue weighted by Crippen LogP contribution is 2.16. The van der Waals surface area contributed by atoms with Crippen molar-refractivity contribution in [3.63, 3.8) is 0 Å². The lowest BCUT2D eigenvalue weighted by molar-refractivity contribution is 0.102. The van der Waals surface area contributed by atoms with E-state index in [0.29, 0.717) is 11.6 Å². The second-order valence-corrected chi connectivity index (χ2v) is 7.05. The third kappa shape index (κ3) is 5.13. The number of aryl methyl sites for hydroxylation is 3. The van der Waals surface area contributed by atoms with E-state index in [0.717, 1.165) is 35.5 Å². The van der Waals surface area contributed by atoms with E-state index in [1.807, 2.05) is 57.0 Å². The number of pyridine rings is 1. The zero-order valence-corrected chi connectivity index (χ0v) is 16.7. The predicted octanol–water partition coefficient (Wildman–Crippen LogP) is 3.73. The van der Waals surface area contributed by atoms with Crippen molar-refractivity contribution in [3.8, 4) is 0 Å². The van der Waals surface area contributed by atoms with Gasteiger partial charge in [0.15, 0.2) is 0 Å². The molecule has 3 rings (SSSR count). The first-order valence-corrected chi connectivity index (χ1v) is 9.26. The quantitative estimate of drug-likeness (QED) is 0.711. The number of rotatable bonds is 6. The Balaban J connectivity index is 1.73. The molecule has 2 heterocycles. The van der Waals surface area contributed by atoms with Gasteiger partial charge in [-0.3, -0.25) is 9.78 Å². The van der Waals surface area contributed by atoms with Gasteiger partial charge in [-0.1, -0.05) is 6.07 Å². The number of carbonyl (C=O) groups is 1. The molecule has 0 saturated carbocycles. The molecule has 0 aliphatic heterocycles. The second-order valence-electron chi connectivity index (χ2n) is 7.05. The smallest absolute Gasteiger partial charge is 0.274 e. The Morgan fingerprint density at radius 3 is 2.36 bits per heavy atom. The van der Waals surface area contributed by atoms with Gasteiger partial charge in [-0.05, 0) is 74.2 Å². The van der Waals surface area contributed by atoms with E-state index < -0.39 is 0 Å². The van der Waals surface area contributed by atoms with E-state index >= 15 is 0 Å². The molecule has 2 aromatic heterocycles. The molecule has 28 heavy (non-hydrogen) atoms. The Morgan fingerprint density at radius 2 is 1.68 bits per heavy atom. The van der Waals surface area contributed by atoms with Gasteiger partial charge in [0.25, 0.3) is 5.91 Å². The number of nitrogens with zero attached hydrogens (tertiary/aromatic N) is 4. The molecule has 0 aliphatic carbocycles. The number of benzene rings is 1. The van der Waals surface area contributed by atoms with Crippen molar-refractivity contribution in [1.82, 2.24) is 15.0 Å². The summed E-state index contributed by atoms with van der Waals surface area (Å²) in [5.41, 5.74) is 5.29. The first-order valence-electron chi connectivity index (χ1n) is 9.26. The van der Waals surface area contributed by atoms with Crippen molar-refractivity contribution in [2.45, 2.75) is 27.2 Å². The van der Waals surface area contributed by atoms with Gasteiger partial charge in [-0.2, -0.15) is 0 Å². The number of anilines is 2. The summed E-state index contributed by atoms with van der Waals surface area (Å²) in [6.45, 7) is 6.63. The van der Waals surface area contributed by atoms with Gasteiger partial charge < -0.3 is 10.2 Å². The van der Waals surface area contributed by atoms with Crippen LogP contribution in [0.25, 0.3) is 0 Å². The van der Waals surface area contributed by atoms with Crippen molar-refractivity contribution >= 4 is 17.5 Å². The second kappa shape index (κ2) is 8.61. The van der Waals surface area contributed by atoms with Crippen molar-refractivity contribution in [3.05, 3.63) is 76.9 Å². The minimum atomic E-state index is -0.237. The lowest BCUT2D eigenvalue weighted by atomic mass is 10.1. The fourth-order valence-electron chi connectivity index (χ4n) is 3.03. The van der Waals surface area contributed by atoms with Gasteiger partial charge in [0.1, 0.15) is 5.69 Å². The molecule has 1 N–H and O–H groups in total. The maximum Gasteiger partial charge on any atom is 0.274 e. The minimum absolute atomic E-state index is 0.237. The monoisotopic (exact) mass is 375 g/mol. The SMILES string of the molecule is Cc1cc(C)cc(NC(=O)c2cc(C)nc(N(C)CCc3ccncc3)n2)c1. The lowest BCUT2D eigenvalue weighted by Gasteiger charge is -2.18. The molecule has 0 fully saturated rings. The van der Waals surface area contributed by atoms with Crippen molar-refractivity contribution in [2.75, 3.05) is 23.8 Å². The van der Waals surface area contributed by atoms with E-state index in [1.165, 1.54) is 5.56 Å². The number of aromatic nitrogens is 3. The molecule has 1 aromatic carbocycles. The number of carbonyl (C=O) groups excluding carboxylic acids is 1. The molecule has 1 amide bonds. The summed E-state index contributed by atoms with van der Waals surface area (Å²) in [5.74, 6) is 0.305. The van der Waals surface area contributed by atoms with Crippen molar-refractivity contribution in [1.29, 1.82) is 0 Å². The summed E-state index contributed by atoms with van der Waals surface area (Å²) >= 11 is 0. The van der Waals surface area contributed by atoms with Gasteiger partial charge in [0.2, 0.25) is 5.95 Å².